The molecule has 1 aromatic heterocycles. The molecule has 0 spiro atoms. The highest BCUT2D eigenvalue weighted by Gasteiger charge is 2.23. The number of nitrogens with zero attached hydrogens (tertiary/aromatic N) is 3. The summed E-state index contributed by atoms with van der Waals surface area (Å²) in [7, 11) is 0. The first-order valence-corrected chi connectivity index (χ1v) is 11.7. The van der Waals surface area contributed by atoms with Gasteiger partial charge in [0.15, 0.2) is 0 Å². The van der Waals surface area contributed by atoms with Gasteiger partial charge in [0.2, 0.25) is 5.91 Å². The zero-order chi connectivity index (χ0) is 23.0. The SMILES string of the molecule is CC(CN1CCOCC1)N(Cc1ccccc1)C(=O)CCCc1nc2ccccc2c(=O)[nH]1. The molecule has 2 heterocycles. The fraction of sp³-hybridized carbons (Fsp3) is 0.423. The highest BCUT2D eigenvalue weighted by Crippen LogP contribution is 2.14. The summed E-state index contributed by atoms with van der Waals surface area (Å²) in [5, 5.41) is 0.586. The lowest BCUT2D eigenvalue weighted by molar-refractivity contribution is -0.134. The highest BCUT2D eigenvalue weighted by atomic mass is 16.5. The summed E-state index contributed by atoms with van der Waals surface area (Å²) in [6.45, 7) is 6.85. The monoisotopic (exact) mass is 448 g/mol. The van der Waals surface area contributed by atoms with Crippen LogP contribution in [0.2, 0.25) is 0 Å². The molecule has 4 rings (SSSR count). The Bertz CT molecular complexity index is 1110. The molecule has 1 N–H and O–H groups in total. The van der Waals surface area contributed by atoms with Crippen molar-refractivity contribution in [2.75, 3.05) is 32.8 Å². The van der Waals surface area contributed by atoms with Crippen molar-refractivity contribution < 1.29 is 9.53 Å². The lowest BCUT2D eigenvalue weighted by Gasteiger charge is -2.35. The molecule has 1 amide bonds. The largest absolute Gasteiger partial charge is 0.379 e. The smallest absolute Gasteiger partial charge is 0.258 e. The van der Waals surface area contributed by atoms with E-state index in [1.807, 2.05) is 41.3 Å². The Kier molecular flexibility index (Phi) is 7.86. The van der Waals surface area contributed by atoms with Gasteiger partial charge in [0.05, 0.1) is 24.1 Å². The van der Waals surface area contributed by atoms with Crippen LogP contribution >= 0.6 is 0 Å². The molecule has 1 aliphatic heterocycles. The van der Waals surface area contributed by atoms with Crippen molar-refractivity contribution in [1.29, 1.82) is 0 Å². The maximum Gasteiger partial charge on any atom is 0.258 e. The number of H-pyrrole nitrogens is 1. The van der Waals surface area contributed by atoms with Gasteiger partial charge in [0.25, 0.3) is 5.56 Å². The number of fused-ring (bicyclic) bond motifs is 1. The highest BCUT2D eigenvalue weighted by molar-refractivity contribution is 5.77. The van der Waals surface area contributed by atoms with E-state index in [1.165, 1.54) is 0 Å². The quantitative estimate of drug-likeness (QED) is 0.545. The number of aryl methyl sites for hydroxylation is 1. The average Bonchev–Trinajstić information content (AvgIpc) is 2.84. The second-order valence-corrected chi connectivity index (χ2v) is 8.65. The molecule has 0 bridgehead atoms. The Balaban J connectivity index is 1.40. The van der Waals surface area contributed by atoms with Gasteiger partial charge in [-0.3, -0.25) is 14.5 Å². The minimum Gasteiger partial charge on any atom is -0.379 e. The van der Waals surface area contributed by atoms with Crippen LogP contribution in [0, 0.1) is 0 Å². The van der Waals surface area contributed by atoms with Gasteiger partial charge in [-0.15, -0.1) is 0 Å². The summed E-state index contributed by atoms with van der Waals surface area (Å²) in [5.41, 5.74) is 1.68. The number of nitrogens with one attached hydrogen (secondary N) is 1. The molecule has 1 unspecified atom stereocenters. The van der Waals surface area contributed by atoms with Crippen LogP contribution in [-0.2, 0) is 22.5 Å². The molecule has 33 heavy (non-hydrogen) atoms. The van der Waals surface area contributed by atoms with E-state index in [1.54, 1.807) is 6.07 Å². The molecule has 1 aliphatic rings. The summed E-state index contributed by atoms with van der Waals surface area (Å²) in [6, 6.07) is 17.5. The third kappa shape index (κ3) is 6.27. The summed E-state index contributed by atoms with van der Waals surface area (Å²) in [5.74, 6) is 0.755. The molecule has 7 heteroatoms. The average molecular weight is 449 g/mol. The first-order valence-electron chi connectivity index (χ1n) is 11.7. The van der Waals surface area contributed by atoms with Crippen molar-refractivity contribution in [1.82, 2.24) is 19.8 Å². The molecule has 174 valence electrons. The van der Waals surface area contributed by atoms with Crippen molar-refractivity contribution in [3.63, 3.8) is 0 Å². The van der Waals surface area contributed by atoms with Crippen LogP contribution in [0.5, 0.6) is 0 Å². The fourth-order valence-electron chi connectivity index (χ4n) is 4.33. The Morgan fingerprint density at radius 3 is 2.64 bits per heavy atom. The number of aromatic nitrogens is 2. The van der Waals surface area contributed by atoms with Crippen LogP contribution in [0.15, 0.2) is 59.4 Å². The van der Waals surface area contributed by atoms with Gasteiger partial charge in [-0.05, 0) is 31.0 Å². The molecular formula is C26H32N4O3. The van der Waals surface area contributed by atoms with E-state index in [0.29, 0.717) is 42.5 Å². The first kappa shape index (κ1) is 23.1. The topological polar surface area (TPSA) is 78.5 Å². The van der Waals surface area contributed by atoms with Gasteiger partial charge >= 0.3 is 0 Å². The van der Waals surface area contributed by atoms with Crippen molar-refractivity contribution in [3.05, 3.63) is 76.3 Å². The minimum atomic E-state index is -0.133. The van der Waals surface area contributed by atoms with Gasteiger partial charge < -0.3 is 14.6 Å². The van der Waals surface area contributed by atoms with Crippen molar-refractivity contribution in [3.8, 4) is 0 Å². The third-order valence-electron chi connectivity index (χ3n) is 6.14. The molecule has 7 nitrogen and oxygen atoms in total. The summed E-state index contributed by atoms with van der Waals surface area (Å²) in [4.78, 5) is 37.4. The molecule has 0 radical (unpaired) electrons. The Labute approximate surface area is 194 Å². The molecule has 1 fully saturated rings. The number of amides is 1. The van der Waals surface area contributed by atoms with Gasteiger partial charge in [-0.1, -0.05) is 42.5 Å². The zero-order valence-electron chi connectivity index (χ0n) is 19.2. The normalized spacial score (nSPS) is 15.4. The predicted octanol–water partition coefficient (Wildman–Crippen LogP) is 3.00. The number of hydrogen-bond acceptors (Lipinski definition) is 5. The lowest BCUT2D eigenvalue weighted by Crippen LogP contribution is -2.47. The van der Waals surface area contributed by atoms with E-state index in [9.17, 15) is 9.59 Å². The van der Waals surface area contributed by atoms with Crippen LogP contribution in [0.1, 0.15) is 31.2 Å². The maximum atomic E-state index is 13.3. The summed E-state index contributed by atoms with van der Waals surface area (Å²) in [6.07, 6.45) is 1.61. The summed E-state index contributed by atoms with van der Waals surface area (Å²) < 4.78 is 5.46. The molecular weight excluding hydrogens is 416 g/mol. The molecule has 3 aromatic rings. The van der Waals surface area contributed by atoms with E-state index >= 15 is 0 Å². The summed E-state index contributed by atoms with van der Waals surface area (Å²) >= 11 is 0. The zero-order valence-corrected chi connectivity index (χ0v) is 19.2. The minimum absolute atomic E-state index is 0.0920. The number of rotatable bonds is 9. The van der Waals surface area contributed by atoms with Crippen LogP contribution in [0.25, 0.3) is 10.9 Å². The number of morpholine rings is 1. The molecule has 0 saturated carbocycles. The standard InChI is InChI=1S/C26H32N4O3/c1-20(18-29-14-16-33-17-15-29)30(19-21-8-3-2-4-9-21)25(31)13-7-12-24-27-23-11-6-5-10-22(23)26(32)28-24/h2-6,8-11,20H,7,12-19H2,1H3,(H,27,28,32). The second-order valence-electron chi connectivity index (χ2n) is 8.65. The number of ether oxygens (including phenoxy) is 1. The lowest BCUT2D eigenvalue weighted by atomic mass is 10.1. The van der Waals surface area contributed by atoms with Crippen molar-refractivity contribution >= 4 is 16.8 Å². The maximum absolute atomic E-state index is 13.3. The van der Waals surface area contributed by atoms with E-state index < -0.39 is 0 Å². The van der Waals surface area contributed by atoms with Gasteiger partial charge in [-0.2, -0.15) is 0 Å². The van der Waals surface area contributed by atoms with Crippen LogP contribution < -0.4 is 5.56 Å². The van der Waals surface area contributed by atoms with Gasteiger partial charge in [0, 0.05) is 45.1 Å². The fourth-order valence-corrected chi connectivity index (χ4v) is 4.33. The van der Waals surface area contributed by atoms with E-state index in [-0.39, 0.29) is 17.5 Å². The van der Waals surface area contributed by atoms with Crippen LogP contribution in [0.4, 0.5) is 0 Å². The Morgan fingerprint density at radius 2 is 1.85 bits per heavy atom. The number of hydrogen-bond donors (Lipinski definition) is 1. The van der Waals surface area contributed by atoms with E-state index in [2.05, 4.69) is 33.9 Å². The number of aromatic amines is 1. The van der Waals surface area contributed by atoms with Gasteiger partial charge in [-0.25, -0.2) is 4.98 Å². The van der Waals surface area contributed by atoms with Crippen LogP contribution in [-0.4, -0.2) is 64.6 Å². The molecule has 1 saturated heterocycles. The number of carbonyl (C=O) groups is 1. The molecule has 0 aliphatic carbocycles. The van der Waals surface area contributed by atoms with E-state index in [4.69, 9.17) is 4.74 Å². The molecule has 1 atom stereocenters. The predicted molar refractivity (Wildman–Crippen MR) is 129 cm³/mol. The third-order valence-corrected chi connectivity index (χ3v) is 6.14. The van der Waals surface area contributed by atoms with Gasteiger partial charge in [0.1, 0.15) is 5.82 Å². The van der Waals surface area contributed by atoms with E-state index in [0.717, 1.165) is 38.4 Å². The van der Waals surface area contributed by atoms with Crippen LogP contribution in [0.3, 0.4) is 0 Å². The first-order chi connectivity index (χ1) is 16.1. The second kappa shape index (κ2) is 11.2. The number of carbonyl (C=O) groups excluding carboxylic acids is 1. The van der Waals surface area contributed by atoms with Crippen molar-refractivity contribution in [2.45, 2.75) is 38.8 Å². The van der Waals surface area contributed by atoms with Crippen molar-refractivity contribution in [2.24, 2.45) is 0 Å². The molecule has 2 aromatic carbocycles. The number of para-hydroxylation sites is 1. The Morgan fingerprint density at radius 1 is 1.12 bits per heavy atom. The Hall–Kier alpha value is -3.03. The number of benzene rings is 2.